The predicted octanol–water partition coefficient (Wildman–Crippen LogP) is 2.28. The van der Waals surface area contributed by atoms with Gasteiger partial charge in [-0.3, -0.25) is 0 Å². The average Bonchev–Trinajstić information content (AvgIpc) is 2.67. The lowest BCUT2D eigenvalue weighted by Crippen LogP contribution is -2.19. The van der Waals surface area contributed by atoms with Crippen LogP contribution in [-0.2, 0) is 0 Å². The van der Waals surface area contributed by atoms with Crippen molar-refractivity contribution in [2.45, 2.75) is 0 Å². The summed E-state index contributed by atoms with van der Waals surface area (Å²) in [5.74, 6) is 0.450. The summed E-state index contributed by atoms with van der Waals surface area (Å²) in [6, 6.07) is 9.82. The van der Waals surface area contributed by atoms with Gasteiger partial charge in [-0.1, -0.05) is 30.3 Å². The fourth-order valence-corrected chi connectivity index (χ4v) is 1.80. The number of anilines is 1. The van der Waals surface area contributed by atoms with Crippen LogP contribution < -0.4 is 11.1 Å². The molecular weight excluding hydrogens is 264 g/mol. The summed E-state index contributed by atoms with van der Waals surface area (Å²) < 4.78 is 4.08. The van der Waals surface area contributed by atoms with E-state index in [4.69, 9.17) is 18.0 Å². The lowest BCUT2D eigenvalue weighted by Gasteiger charge is -1.95. The number of thiocarbonyl (C=S) groups is 1. The van der Waals surface area contributed by atoms with E-state index < -0.39 is 0 Å². The maximum absolute atomic E-state index is 5.32. The largest absolute Gasteiger partial charge is 0.376 e. The first-order valence-electron chi connectivity index (χ1n) is 4.21. The minimum Gasteiger partial charge on any atom is -0.376 e. The Kier molecular flexibility index (Phi) is 4.60. The molecule has 1 heterocycles. The molecule has 0 aliphatic heterocycles. The molecule has 1 aromatic heterocycles. The molecule has 0 saturated carbocycles. The lowest BCUT2D eigenvalue weighted by molar-refractivity contribution is 1.32. The number of aromatic nitrogens is 2. The van der Waals surface area contributed by atoms with Gasteiger partial charge < -0.3 is 11.1 Å². The second-order valence-corrected chi connectivity index (χ2v) is 3.97. The van der Waals surface area contributed by atoms with Crippen molar-refractivity contribution in [3.8, 4) is 10.6 Å². The maximum atomic E-state index is 5.32. The molecule has 0 aliphatic carbocycles. The van der Waals surface area contributed by atoms with Crippen LogP contribution >= 0.6 is 36.2 Å². The molecule has 0 unspecified atom stereocenters. The van der Waals surface area contributed by atoms with Gasteiger partial charge in [0.15, 0.2) is 5.11 Å². The van der Waals surface area contributed by atoms with E-state index >= 15 is 0 Å². The fourth-order valence-electron chi connectivity index (χ4n) is 1.08. The number of benzene rings is 1. The number of nitrogens with zero attached hydrogens (tertiary/aromatic N) is 2. The fraction of sp³-hybridized carbons (Fsp3) is 0. The van der Waals surface area contributed by atoms with Gasteiger partial charge in [-0.25, -0.2) is 0 Å². The van der Waals surface area contributed by atoms with Crippen molar-refractivity contribution in [3.63, 3.8) is 0 Å². The molecular formula is C9H9ClN4S2. The van der Waals surface area contributed by atoms with E-state index in [0.29, 0.717) is 5.95 Å². The van der Waals surface area contributed by atoms with Crippen molar-refractivity contribution >= 4 is 47.2 Å². The summed E-state index contributed by atoms with van der Waals surface area (Å²) in [4.78, 5) is 4.25. The first-order valence-corrected chi connectivity index (χ1v) is 5.39. The van der Waals surface area contributed by atoms with Gasteiger partial charge in [0.1, 0.15) is 5.01 Å². The van der Waals surface area contributed by atoms with Crippen LogP contribution in [0.15, 0.2) is 30.3 Å². The van der Waals surface area contributed by atoms with E-state index in [-0.39, 0.29) is 17.5 Å². The highest BCUT2D eigenvalue weighted by Crippen LogP contribution is 2.22. The van der Waals surface area contributed by atoms with Crippen molar-refractivity contribution in [3.05, 3.63) is 30.3 Å². The molecule has 0 amide bonds. The third-order valence-electron chi connectivity index (χ3n) is 1.68. The topological polar surface area (TPSA) is 63.8 Å². The number of rotatable bonds is 2. The molecule has 0 bridgehead atoms. The average molecular weight is 273 g/mol. The van der Waals surface area contributed by atoms with Crippen LogP contribution in [0, 0.1) is 0 Å². The third kappa shape index (κ3) is 3.13. The zero-order valence-electron chi connectivity index (χ0n) is 8.08. The number of nitrogens with one attached hydrogen (secondary N) is 1. The van der Waals surface area contributed by atoms with Gasteiger partial charge in [-0.05, 0) is 23.8 Å². The molecule has 2 aromatic rings. The number of hydrogen-bond donors (Lipinski definition) is 2. The highest BCUT2D eigenvalue weighted by Gasteiger charge is 2.05. The Morgan fingerprint density at radius 2 is 2.00 bits per heavy atom. The molecule has 3 N–H and O–H groups in total. The van der Waals surface area contributed by atoms with E-state index in [1.807, 2.05) is 30.3 Å². The van der Waals surface area contributed by atoms with Crippen molar-refractivity contribution in [2.24, 2.45) is 5.73 Å². The van der Waals surface area contributed by atoms with Crippen molar-refractivity contribution < 1.29 is 0 Å². The molecule has 7 heteroatoms. The first-order chi connectivity index (χ1) is 7.25. The van der Waals surface area contributed by atoms with Crippen molar-refractivity contribution in [1.82, 2.24) is 9.36 Å². The van der Waals surface area contributed by atoms with Crippen LogP contribution in [0.3, 0.4) is 0 Å². The molecule has 0 atom stereocenters. The van der Waals surface area contributed by atoms with Gasteiger partial charge in [0.05, 0.1) is 0 Å². The minimum absolute atomic E-state index is 0. The quantitative estimate of drug-likeness (QED) is 0.821. The summed E-state index contributed by atoms with van der Waals surface area (Å²) in [5, 5.41) is 3.71. The Labute approximate surface area is 108 Å². The summed E-state index contributed by atoms with van der Waals surface area (Å²) in [7, 11) is 0. The SMILES string of the molecule is Cl.NC(=S)Nc1nsc(-c2ccccc2)n1. The highest BCUT2D eigenvalue weighted by atomic mass is 35.5. The Bertz CT molecular complexity index is 471. The van der Waals surface area contributed by atoms with Crippen LogP contribution in [0.2, 0.25) is 0 Å². The van der Waals surface area contributed by atoms with Crippen LogP contribution in [0.25, 0.3) is 10.6 Å². The van der Waals surface area contributed by atoms with Gasteiger partial charge in [0.25, 0.3) is 0 Å². The Balaban J connectivity index is 0.00000128. The summed E-state index contributed by atoms with van der Waals surface area (Å²) in [5.41, 5.74) is 6.35. The molecule has 0 radical (unpaired) electrons. The van der Waals surface area contributed by atoms with Gasteiger partial charge in [-0.2, -0.15) is 9.36 Å². The van der Waals surface area contributed by atoms with E-state index in [1.165, 1.54) is 11.5 Å². The van der Waals surface area contributed by atoms with E-state index in [0.717, 1.165) is 10.6 Å². The smallest absolute Gasteiger partial charge is 0.241 e. The standard InChI is InChI=1S/C9H8N4S2.ClH/c10-8(14)12-9-11-7(15-13-9)6-4-2-1-3-5-6;/h1-5H,(H3,10,12,13,14);1H. The number of halogens is 1. The van der Waals surface area contributed by atoms with E-state index in [2.05, 4.69) is 14.7 Å². The maximum Gasteiger partial charge on any atom is 0.241 e. The minimum atomic E-state index is 0. The monoisotopic (exact) mass is 272 g/mol. The van der Waals surface area contributed by atoms with Crippen LogP contribution in [-0.4, -0.2) is 14.5 Å². The van der Waals surface area contributed by atoms with Crippen LogP contribution in [0.1, 0.15) is 0 Å². The van der Waals surface area contributed by atoms with Gasteiger partial charge in [-0.15, -0.1) is 12.4 Å². The van der Waals surface area contributed by atoms with Gasteiger partial charge >= 0.3 is 0 Å². The summed E-state index contributed by atoms with van der Waals surface area (Å²) >= 11 is 6.00. The molecule has 16 heavy (non-hydrogen) atoms. The zero-order valence-corrected chi connectivity index (χ0v) is 10.5. The zero-order chi connectivity index (χ0) is 10.7. The molecule has 2 rings (SSSR count). The number of nitrogens with two attached hydrogens (primary N) is 1. The van der Waals surface area contributed by atoms with E-state index in [9.17, 15) is 0 Å². The molecule has 1 aromatic carbocycles. The van der Waals surface area contributed by atoms with Gasteiger partial charge in [0, 0.05) is 5.56 Å². The van der Waals surface area contributed by atoms with Gasteiger partial charge in [0.2, 0.25) is 5.95 Å². The predicted molar refractivity (Wildman–Crippen MR) is 73.0 cm³/mol. The Morgan fingerprint density at radius 1 is 1.31 bits per heavy atom. The van der Waals surface area contributed by atoms with Crippen LogP contribution in [0.5, 0.6) is 0 Å². The van der Waals surface area contributed by atoms with Crippen molar-refractivity contribution in [1.29, 1.82) is 0 Å². The second kappa shape index (κ2) is 5.74. The summed E-state index contributed by atoms with van der Waals surface area (Å²) in [6.45, 7) is 0. The van der Waals surface area contributed by atoms with Crippen LogP contribution in [0.4, 0.5) is 5.95 Å². The Hall–Kier alpha value is -1.24. The molecule has 0 spiro atoms. The molecule has 84 valence electrons. The third-order valence-corrected chi connectivity index (χ3v) is 2.55. The molecule has 4 nitrogen and oxygen atoms in total. The second-order valence-electron chi connectivity index (χ2n) is 2.78. The first kappa shape index (κ1) is 12.8. The molecule has 0 aliphatic rings. The Morgan fingerprint density at radius 3 is 2.62 bits per heavy atom. The van der Waals surface area contributed by atoms with E-state index in [1.54, 1.807) is 0 Å². The number of hydrogen-bond acceptors (Lipinski definition) is 4. The van der Waals surface area contributed by atoms with Crippen molar-refractivity contribution in [2.75, 3.05) is 5.32 Å². The normalized spacial score (nSPS) is 9.25. The molecule has 0 saturated heterocycles. The molecule has 0 fully saturated rings. The lowest BCUT2D eigenvalue weighted by atomic mass is 10.2. The highest BCUT2D eigenvalue weighted by molar-refractivity contribution is 7.80. The summed E-state index contributed by atoms with van der Waals surface area (Å²) in [6.07, 6.45) is 0.